The Morgan fingerprint density at radius 3 is 1.28 bits per heavy atom. The topological polar surface area (TPSA) is 118 Å². The molecule has 0 aliphatic heterocycles. The van der Waals surface area contributed by atoms with Crippen LogP contribution in [0.1, 0.15) is 98.2 Å². The summed E-state index contributed by atoms with van der Waals surface area (Å²) in [6.45, 7) is 2.44. The third kappa shape index (κ3) is 26.7. The molecule has 0 aliphatic carbocycles. The van der Waals surface area contributed by atoms with Gasteiger partial charge in [0.1, 0.15) is 11.5 Å². The summed E-state index contributed by atoms with van der Waals surface area (Å²) in [4.78, 5) is 0. The molecule has 0 fully saturated rings. The summed E-state index contributed by atoms with van der Waals surface area (Å²) in [6, 6.07) is 0. The van der Waals surface area contributed by atoms with Crippen molar-refractivity contribution in [3.8, 4) is 0 Å². The summed E-state index contributed by atoms with van der Waals surface area (Å²) in [5.41, 5.74) is 0. The van der Waals surface area contributed by atoms with Crippen LogP contribution < -0.4 is 29.6 Å². The number of hydrogen-bond donors (Lipinski definition) is 2. The molecule has 0 aromatic rings. The van der Waals surface area contributed by atoms with Crippen molar-refractivity contribution in [1.82, 2.24) is 0 Å². The zero-order valence-corrected chi connectivity index (χ0v) is 22.0. The molecule has 0 amide bonds. The maximum absolute atomic E-state index is 10.9. The Hall–Kier alpha value is 0.780. The summed E-state index contributed by atoms with van der Waals surface area (Å²) in [7, 11) is -8.73. The number of hydrogen-bond acceptors (Lipinski definition) is 5. The molecule has 0 unspecified atom stereocenters. The molecule has 0 saturated heterocycles. The smallest absolute Gasteiger partial charge is 1.00 e. The molecule has 0 aromatic carbocycles. The van der Waals surface area contributed by atoms with Gasteiger partial charge in [0.15, 0.2) is 0 Å². The SMILES string of the molecule is CCCCCCCCCCCCCCCCOC(CS(=O)(=O)O)CS(=O)(=O)O.[H-].[Na+]. The van der Waals surface area contributed by atoms with Crippen LogP contribution in [0.15, 0.2) is 0 Å². The van der Waals surface area contributed by atoms with E-state index < -0.39 is 37.8 Å². The van der Waals surface area contributed by atoms with Crippen molar-refractivity contribution in [2.75, 3.05) is 18.1 Å². The van der Waals surface area contributed by atoms with Gasteiger partial charge in [-0.1, -0.05) is 90.4 Å². The maximum atomic E-state index is 10.9. The van der Waals surface area contributed by atoms with Crippen molar-refractivity contribution >= 4 is 20.2 Å². The molecular formula is C19H41NaO7S2. The molecule has 0 saturated carbocycles. The standard InChI is InChI=1S/C19H40O7S2.Na.H/c1-2-3-4-5-6-7-8-9-10-11-12-13-14-15-16-26-19(17-27(20,21)22)18-28(23,24)25;;/h19H,2-18H2,1H3,(H,20,21,22)(H,23,24,25);;/q;+1;-1. The molecular weight excluding hydrogens is 427 g/mol. The first-order valence-corrected chi connectivity index (χ1v) is 13.9. The van der Waals surface area contributed by atoms with Crippen LogP contribution in [-0.2, 0) is 25.0 Å². The van der Waals surface area contributed by atoms with Gasteiger partial charge in [0.25, 0.3) is 20.2 Å². The van der Waals surface area contributed by atoms with E-state index in [1.54, 1.807) is 0 Å². The van der Waals surface area contributed by atoms with Crippen LogP contribution >= 0.6 is 0 Å². The van der Waals surface area contributed by atoms with E-state index in [1.165, 1.54) is 64.2 Å². The van der Waals surface area contributed by atoms with Gasteiger partial charge >= 0.3 is 29.6 Å². The Kier molecular flexibility index (Phi) is 21.5. The fourth-order valence-corrected chi connectivity index (χ4v) is 4.68. The van der Waals surface area contributed by atoms with E-state index in [0.717, 1.165) is 19.3 Å². The Labute approximate surface area is 202 Å². The quantitative estimate of drug-likeness (QED) is 0.159. The van der Waals surface area contributed by atoms with Crippen molar-refractivity contribution < 1.29 is 61.7 Å². The monoisotopic (exact) mass is 468 g/mol. The molecule has 172 valence electrons. The number of ether oxygens (including phenoxy) is 1. The van der Waals surface area contributed by atoms with Crippen molar-refractivity contribution in [2.24, 2.45) is 0 Å². The van der Waals surface area contributed by atoms with E-state index in [4.69, 9.17) is 13.8 Å². The van der Waals surface area contributed by atoms with Crippen molar-refractivity contribution in [3.63, 3.8) is 0 Å². The third-order valence-corrected chi connectivity index (χ3v) is 6.23. The number of unbranched alkanes of at least 4 members (excludes halogenated alkanes) is 13. The van der Waals surface area contributed by atoms with Gasteiger partial charge < -0.3 is 6.16 Å². The van der Waals surface area contributed by atoms with Crippen molar-refractivity contribution in [2.45, 2.75) is 103 Å². The Morgan fingerprint density at radius 2 is 0.966 bits per heavy atom. The van der Waals surface area contributed by atoms with Crippen LogP contribution in [0.4, 0.5) is 0 Å². The summed E-state index contributed by atoms with van der Waals surface area (Å²) in [6.07, 6.45) is 15.7. The van der Waals surface area contributed by atoms with Crippen LogP contribution in [0.2, 0.25) is 0 Å². The van der Waals surface area contributed by atoms with Crippen LogP contribution in [0.25, 0.3) is 0 Å². The Morgan fingerprint density at radius 1 is 0.655 bits per heavy atom. The minimum absolute atomic E-state index is 0. The molecule has 0 aliphatic rings. The van der Waals surface area contributed by atoms with E-state index in [2.05, 4.69) is 6.92 Å². The van der Waals surface area contributed by atoms with Gasteiger partial charge in [0.05, 0.1) is 6.10 Å². The normalized spacial score (nSPS) is 12.3. The predicted octanol–water partition coefficient (Wildman–Crippen LogP) is 1.75. The van der Waals surface area contributed by atoms with Gasteiger partial charge in [0, 0.05) is 6.61 Å². The molecule has 0 aromatic heterocycles. The summed E-state index contributed by atoms with van der Waals surface area (Å²) >= 11 is 0. The second-order valence-electron chi connectivity index (χ2n) is 7.59. The zero-order chi connectivity index (χ0) is 21.3. The van der Waals surface area contributed by atoms with Gasteiger partial charge in [-0.25, -0.2) is 0 Å². The van der Waals surface area contributed by atoms with E-state index in [1.807, 2.05) is 0 Å². The second kappa shape index (κ2) is 19.5. The first kappa shape index (κ1) is 32.0. The molecule has 29 heavy (non-hydrogen) atoms. The van der Waals surface area contributed by atoms with Gasteiger partial charge in [-0.05, 0) is 6.42 Å². The summed E-state index contributed by atoms with van der Waals surface area (Å²) in [5.74, 6) is -1.68. The average molecular weight is 469 g/mol. The van der Waals surface area contributed by atoms with E-state index >= 15 is 0 Å². The number of rotatable bonds is 20. The average Bonchev–Trinajstić information content (AvgIpc) is 2.55. The first-order chi connectivity index (χ1) is 13.1. The molecule has 2 N–H and O–H groups in total. The van der Waals surface area contributed by atoms with E-state index in [-0.39, 0.29) is 37.6 Å². The molecule has 0 radical (unpaired) electrons. The molecule has 7 nitrogen and oxygen atoms in total. The van der Waals surface area contributed by atoms with Crippen molar-refractivity contribution in [1.29, 1.82) is 0 Å². The Balaban J connectivity index is -0.00000364. The van der Waals surface area contributed by atoms with Crippen molar-refractivity contribution in [3.05, 3.63) is 0 Å². The van der Waals surface area contributed by atoms with Gasteiger partial charge in [-0.2, -0.15) is 16.8 Å². The molecule has 0 atom stereocenters. The Bertz CT molecular complexity index is 537. The van der Waals surface area contributed by atoms with Crippen LogP contribution in [0.5, 0.6) is 0 Å². The van der Waals surface area contributed by atoms with Crippen LogP contribution in [-0.4, -0.2) is 50.2 Å². The fraction of sp³-hybridized carbons (Fsp3) is 1.00. The molecule has 0 spiro atoms. The predicted molar refractivity (Wildman–Crippen MR) is 114 cm³/mol. The zero-order valence-electron chi connectivity index (χ0n) is 19.4. The maximum Gasteiger partial charge on any atom is 1.00 e. The minimum atomic E-state index is -4.37. The molecule has 0 rings (SSSR count). The van der Waals surface area contributed by atoms with Gasteiger partial charge in [0.2, 0.25) is 0 Å². The second-order valence-corrected chi connectivity index (χ2v) is 10.6. The fourth-order valence-electron chi connectivity index (χ4n) is 3.16. The largest absolute Gasteiger partial charge is 1.00 e. The minimum Gasteiger partial charge on any atom is -1.00 e. The molecule has 0 bridgehead atoms. The van der Waals surface area contributed by atoms with E-state index in [0.29, 0.717) is 6.42 Å². The third-order valence-electron chi connectivity index (χ3n) is 4.64. The van der Waals surface area contributed by atoms with Gasteiger partial charge in [-0.15, -0.1) is 0 Å². The molecule has 10 heteroatoms. The first-order valence-electron chi connectivity index (χ1n) is 10.7. The summed E-state index contributed by atoms with van der Waals surface area (Å²) in [5, 5.41) is 0. The molecule has 0 heterocycles. The van der Waals surface area contributed by atoms with Crippen LogP contribution in [0, 0.1) is 0 Å². The summed E-state index contributed by atoms with van der Waals surface area (Å²) < 4.78 is 66.4. The van der Waals surface area contributed by atoms with Gasteiger partial charge in [-0.3, -0.25) is 9.11 Å². The van der Waals surface area contributed by atoms with Crippen LogP contribution in [0.3, 0.4) is 0 Å². The van der Waals surface area contributed by atoms with E-state index in [9.17, 15) is 16.8 Å².